The number of hydrogen-bond acceptors (Lipinski definition) is 10. The zero-order chi connectivity index (χ0) is 26.9. The predicted molar refractivity (Wildman–Crippen MR) is 137 cm³/mol. The van der Waals surface area contributed by atoms with Crippen LogP contribution in [-0.4, -0.2) is 65.8 Å². The molecule has 1 atom stereocenters. The monoisotopic (exact) mass is 559 g/mol. The number of nitrogens with zero attached hydrogens (tertiary/aromatic N) is 4. The van der Waals surface area contributed by atoms with Gasteiger partial charge in [-0.3, -0.25) is 0 Å². The van der Waals surface area contributed by atoms with Crippen LogP contribution in [0.4, 0.5) is 21.2 Å². The fourth-order valence-electron chi connectivity index (χ4n) is 3.26. The number of sulfonamides is 1. The first-order valence-corrected chi connectivity index (χ1v) is 13.9. The lowest BCUT2D eigenvalue weighted by molar-refractivity contribution is 0.0293. The molecule has 198 valence electrons. The minimum absolute atomic E-state index is 0.0363. The van der Waals surface area contributed by atoms with Gasteiger partial charge in [-0.2, -0.15) is 0 Å². The molecule has 2 amide bonds. The summed E-state index contributed by atoms with van der Waals surface area (Å²) < 4.78 is 38.0. The fraction of sp³-hybridized carbons (Fsp3) is 0.545. The highest BCUT2D eigenvalue weighted by Gasteiger charge is 2.37. The molecule has 0 unspecified atom stereocenters. The third kappa shape index (κ3) is 6.98. The van der Waals surface area contributed by atoms with Gasteiger partial charge in [0.1, 0.15) is 21.9 Å². The minimum atomic E-state index is -4.44. The van der Waals surface area contributed by atoms with Crippen LogP contribution in [0.1, 0.15) is 48.0 Å². The van der Waals surface area contributed by atoms with Gasteiger partial charge in [-0.25, -0.2) is 28.0 Å². The molecule has 0 aromatic carbocycles. The van der Waals surface area contributed by atoms with Crippen molar-refractivity contribution in [1.29, 1.82) is 0 Å². The van der Waals surface area contributed by atoms with Crippen molar-refractivity contribution in [2.75, 3.05) is 22.7 Å². The smallest absolute Gasteiger partial charge is 0.430 e. The van der Waals surface area contributed by atoms with Crippen molar-refractivity contribution in [1.82, 2.24) is 14.9 Å². The lowest BCUT2D eigenvalue weighted by Gasteiger charge is -2.25. The summed E-state index contributed by atoms with van der Waals surface area (Å²) in [5.41, 5.74) is -0.123. The van der Waals surface area contributed by atoms with E-state index < -0.39 is 33.4 Å². The number of thiazole rings is 1. The molecule has 3 rings (SSSR count). The van der Waals surface area contributed by atoms with E-state index >= 15 is 0 Å². The topological polar surface area (TPSA) is 131 Å². The molecule has 2 aromatic heterocycles. The summed E-state index contributed by atoms with van der Waals surface area (Å²) in [5.74, 6) is 0.157. The number of aromatic nitrogens is 2. The zero-order valence-corrected chi connectivity index (χ0v) is 23.3. The normalized spacial score (nSPS) is 16.5. The average Bonchev–Trinajstić information content (AvgIpc) is 3.39. The van der Waals surface area contributed by atoms with E-state index in [9.17, 15) is 18.0 Å². The van der Waals surface area contributed by atoms with Crippen LogP contribution < -0.4 is 9.62 Å². The van der Waals surface area contributed by atoms with E-state index in [-0.39, 0.29) is 27.6 Å². The number of rotatable bonds is 5. The first-order valence-electron chi connectivity index (χ1n) is 11.1. The molecule has 1 N–H and O–H groups in total. The summed E-state index contributed by atoms with van der Waals surface area (Å²) in [5, 5.41) is 4.60. The Hall–Kier alpha value is -2.64. The fourth-order valence-corrected chi connectivity index (χ4v) is 5.37. The van der Waals surface area contributed by atoms with Crippen LogP contribution >= 0.6 is 22.9 Å². The van der Waals surface area contributed by atoms with Gasteiger partial charge in [0.15, 0.2) is 5.82 Å². The van der Waals surface area contributed by atoms with Gasteiger partial charge in [0.2, 0.25) is 0 Å². The number of likely N-dealkylation sites (tertiary alicyclic amines) is 1. The van der Waals surface area contributed by atoms with Crippen molar-refractivity contribution >= 4 is 56.8 Å². The van der Waals surface area contributed by atoms with Crippen molar-refractivity contribution in [3.8, 4) is 0 Å². The van der Waals surface area contributed by atoms with Gasteiger partial charge in [-0.05, 0) is 54.0 Å². The Morgan fingerprint density at radius 2 is 1.83 bits per heavy atom. The van der Waals surface area contributed by atoms with E-state index in [1.807, 2.05) is 0 Å². The maximum atomic E-state index is 13.4. The van der Waals surface area contributed by atoms with Crippen molar-refractivity contribution in [3.05, 3.63) is 28.2 Å². The van der Waals surface area contributed by atoms with Crippen LogP contribution in [0, 0.1) is 0 Å². The van der Waals surface area contributed by atoms with Crippen LogP contribution in [0.3, 0.4) is 0 Å². The third-order valence-corrected chi connectivity index (χ3v) is 7.22. The molecule has 14 heteroatoms. The van der Waals surface area contributed by atoms with E-state index in [1.54, 1.807) is 46.4 Å². The number of carbonyl (C=O) groups is 2. The summed E-state index contributed by atoms with van der Waals surface area (Å²) in [6, 6.07) is 1.05. The third-order valence-electron chi connectivity index (χ3n) is 4.72. The number of nitrogens with one attached hydrogen (secondary N) is 1. The lowest BCUT2D eigenvalue weighted by Crippen LogP contribution is -2.41. The molecule has 0 bridgehead atoms. The molecule has 0 radical (unpaired) electrons. The Morgan fingerprint density at radius 1 is 1.17 bits per heavy atom. The number of halogens is 1. The molecule has 11 nitrogen and oxygen atoms in total. The van der Waals surface area contributed by atoms with Gasteiger partial charge in [-0.1, -0.05) is 11.6 Å². The number of anilines is 2. The first kappa shape index (κ1) is 27.9. The van der Waals surface area contributed by atoms with Crippen LogP contribution in [0.15, 0.2) is 28.0 Å². The van der Waals surface area contributed by atoms with Crippen LogP contribution in [0.2, 0.25) is 5.02 Å². The standard InChI is InChI=1S/C22H30ClN5O6S2/c1-21(2,3)33-19(29)27-8-7-14(11-27)26-18-16(23)9-15(10-24-18)36(31,32)28(17-12-35-13-25-17)20(30)34-22(4,5)6/h9-10,12-14H,7-8,11H2,1-6H3,(H,24,26)/t14-/m0/s1. The molecule has 36 heavy (non-hydrogen) atoms. The molecule has 0 saturated carbocycles. The van der Waals surface area contributed by atoms with Gasteiger partial charge < -0.3 is 19.7 Å². The maximum absolute atomic E-state index is 13.4. The van der Waals surface area contributed by atoms with Crippen molar-refractivity contribution in [3.63, 3.8) is 0 Å². The average molecular weight is 560 g/mol. The number of amides is 2. The highest BCUT2D eigenvalue weighted by molar-refractivity contribution is 7.93. The van der Waals surface area contributed by atoms with Gasteiger partial charge in [0.05, 0.1) is 10.5 Å². The Balaban J connectivity index is 1.78. The van der Waals surface area contributed by atoms with Crippen molar-refractivity contribution < 1.29 is 27.5 Å². The van der Waals surface area contributed by atoms with Crippen molar-refractivity contribution in [2.45, 2.75) is 70.1 Å². The van der Waals surface area contributed by atoms with Gasteiger partial charge in [0.25, 0.3) is 10.0 Å². The summed E-state index contributed by atoms with van der Waals surface area (Å²) in [6.07, 6.45) is 0.234. The molecule has 3 heterocycles. The van der Waals surface area contributed by atoms with Crippen LogP contribution in [-0.2, 0) is 19.5 Å². The maximum Gasteiger partial charge on any atom is 0.430 e. The second-order valence-electron chi connectivity index (χ2n) is 10.2. The second-order valence-corrected chi connectivity index (χ2v) is 13.1. The summed E-state index contributed by atoms with van der Waals surface area (Å²) in [7, 11) is -4.44. The van der Waals surface area contributed by atoms with E-state index in [0.29, 0.717) is 23.8 Å². The van der Waals surface area contributed by atoms with E-state index in [2.05, 4.69) is 15.3 Å². The van der Waals surface area contributed by atoms with Gasteiger partial charge >= 0.3 is 12.2 Å². The quantitative estimate of drug-likeness (QED) is 0.551. The van der Waals surface area contributed by atoms with Gasteiger partial charge in [-0.15, -0.1) is 15.6 Å². The Kier molecular flexibility index (Phi) is 8.06. The van der Waals surface area contributed by atoms with Crippen LogP contribution in [0.25, 0.3) is 0 Å². The molecule has 1 fully saturated rings. The first-order chi connectivity index (χ1) is 16.6. The molecule has 1 aliphatic heterocycles. The zero-order valence-electron chi connectivity index (χ0n) is 20.9. The SMILES string of the molecule is CC(C)(C)OC(=O)N1CC[C@H](Nc2ncc(S(=O)(=O)N(C(=O)OC(C)(C)C)c3cscn3)cc2Cl)C1. The molecule has 0 spiro atoms. The predicted octanol–water partition coefficient (Wildman–Crippen LogP) is 4.74. The molecule has 1 saturated heterocycles. The second kappa shape index (κ2) is 10.4. The summed E-state index contributed by atoms with van der Waals surface area (Å²) >= 11 is 7.50. The Morgan fingerprint density at radius 3 is 2.39 bits per heavy atom. The number of pyridine rings is 1. The molecular weight excluding hydrogens is 530 g/mol. The number of carbonyl (C=O) groups excluding carboxylic acids is 2. The van der Waals surface area contributed by atoms with Gasteiger partial charge in [0, 0.05) is 30.7 Å². The van der Waals surface area contributed by atoms with E-state index in [0.717, 1.165) is 17.5 Å². The molecular formula is C22H30ClN5O6S2. The number of hydrogen-bond donors (Lipinski definition) is 1. The summed E-state index contributed by atoms with van der Waals surface area (Å²) in [4.78, 5) is 34.5. The highest BCUT2D eigenvalue weighted by atomic mass is 35.5. The molecule has 2 aromatic rings. The van der Waals surface area contributed by atoms with E-state index in [4.69, 9.17) is 21.1 Å². The molecule has 1 aliphatic rings. The Bertz CT molecular complexity index is 1210. The Labute approximate surface area is 219 Å². The van der Waals surface area contributed by atoms with E-state index in [1.165, 1.54) is 17.0 Å². The molecule has 0 aliphatic carbocycles. The summed E-state index contributed by atoms with van der Waals surface area (Å²) in [6.45, 7) is 11.2. The highest BCUT2D eigenvalue weighted by Crippen LogP contribution is 2.30. The van der Waals surface area contributed by atoms with Crippen molar-refractivity contribution in [2.24, 2.45) is 0 Å². The largest absolute Gasteiger partial charge is 0.444 e. The minimum Gasteiger partial charge on any atom is -0.444 e. The van der Waals surface area contributed by atoms with Crippen LogP contribution in [0.5, 0.6) is 0 Å². The number of ether oxygens (including phenoxy) is 2. The lowest BCUT2D eigenvalue weighted by atomic mass is 10.2.